The molecule has 4 N–H and O–H groups in total. The largest absolute Gasteiger partial charge is 0.593 e. The van der Waals surface area contributed by atoms with Crippen LogP contribution in [0.4, 0.5) is 5.82 Å². The summed E-state index contributed by atoms with van der Waals surface area (Å²) in [5.74, 6) is 1.31. The number of benzene rings is 2. The van der Waals surface area contributed by atoms with Crippen LogP contribution in [-0.4, -0.2) is 20.1 Å². The molecule has 2 aromatic carbocycles. The Morgan fingerprint density at radius 1 is 1.00 bits per heavy atom. The fourth-order valence-corrected chi connectivity index (χ4v) is 2.89. The SMILES string of the molecule is C[C@@H](Nc1ncnc2[nH]c(-c3ccc([OH2+])cc3)cc12)c1ccccc1. The lowest BCUT2D eigenvalue weighted by atomic mass is 10.1. The molecular formula is C20H19N4O+. The first-order valence-corrected chi connectivity index (χ1v) is 8.18. The van der Waals surface area contributed by atoms with Crippen molar-refractivity contribution >= 4 is 16.9 Å². The summed E-state index contributed by atoms with van der Waals surface area (Å²) < 4.78 is 0. The molecule has 4 aromatic rings. The maximum atomic E-state index is 7.61. The highest BCUT2D eigenvalue weighted by Gasteiger charge is 2.12. The Morgan fingerprint density at radius 2 is 1.76 bits per heavy atom. The van der Waals surface area contributed by atoms with Crippen molar-refractivity contribution in [3.63, 3.8) is 0 Å². The maximum Gasteiger partial charge on any atom is 0.253 e. The van der Waals surface area contributed by atoms with E-state index in [1.165, 1.54) is 5.56 Å². The van der Waals surface area contributed by atoms with Crippen molar-refractivity contribution in [2.75, 3.05) is 5.32 Å². The van der Waals surface area contributed by atoms with Crippen LogP contribution < -0.4 is 5.32 Å². The minimum Gasteiger partial charge on any atom is -0.593 e. The van der Waals surface area contributed by atoms with Gasteiger partial charge in [0.2, 0.25) is 0 Å². The smallest absolute Gasteiger partial charge is 0.253 e. The van der Waals surface area contributed by atoms with Gasteiger partial charge in [0.15, 0.2) is 0 Å². The molecule has 0 amide bonds. The normalized spacial score (nSPS) is 12.2. The van der Waals surface area contributed by atoms with Crippen LogP contribution >= 0.6 is 0 Å². The first kappa shape index (κ1) is 15.2. The minimum atomic E-state index is 0.139. The molecule has 124 valence electrons. The average molecular weight is 331 g/mol. The third-order valence-corrected chi connectivity index (χ3v) is 4.27. The van der Waals surface area contributed by atoms with Crippen LogP contribution in [0.2, 0.25) is 0 Å². The summed E-state index contributed by atoms with van der Waals surface area (Å²) in [6.07, 6.45) is 1.57. The van der Waals surface area contributed by atoms with Gasteiger partial charge in [-0.15, -0.1) is 0 Å². The molecule has 0 aliphatic rings. The van der Waals surface area contributed by atoms with Gasteiger partial charge in [-0.25, -0.2) is 9.97 Å². The summed E-state index contributed by atoms with van der Waals surface area (Å²) in [4.78, 5) is 12.1. The van der Waals surface area contributed by atoms with Crippen molar-refractivity contribution < 1.29 is 5.11 Å². The quantitative estimate of drug-likeness (QED) is 0.549. The van der Waals surface area contributed by atoms with Crippen LogP contribution in [-0.2, 0) is 0 Å². The summed E-state index contributed by atoms with van der Waals surface area (Å²) in [6, 6.07) is 19.9. The Morgan fingerprint density at radius 3 is 2.52 bits per heavy atom. The van der Waals surface area contributed by atoms with Gasteiger partial charge in [-0.05, 0) is 36.2 Å². The van der Waals surface area contributed by atoms with Crippen molar-refractivity contribution in [2.45, 2.75) is 13.0 Å². The van der Waals surface area contributed by atoms with Gasteiger partial charge in [-0.3, -0.25) is 0 Å². The van der Waals surface area contributed by atoms with Crippen LogP contribution in [0.15, 0.2) is 67.0 Å². The van der Waals surface area contributed by atoms with E-state index >= 15 is 0 Å². The lowest BCUT2D eigenvalue weighted by Crippen LogP contribution is -2.08. The molecule has 1 atom stereocenters. The number of rotatable bonds is 4. The number of hydrogen-bond acceptors (Lipinski definition) is 3. The highest BCUT2D eigenvalue weighted by molar-refractivity contribution is 5.91. The van der Waals surface area contributed by atoms with E-state index in [4.69, 9.17) is 5.11 Å². The van der Waals surface area contributed by atoms with Crippen molar-refractivity contribution in [1.29, 1.82) is 0 Å². The predicted octanol–water partition coefficient (Wildman–Crippen LogP) is 4.24. The molecule has 0 unspecified atom stereocenters. The topological polar surface area (TPSA) is 76.5 Å². The van der Waals surface area contributed by atoms with Gasteiger partial charge in [0.05, 0.1) is 5.39 Å². The Bertz CT molecular complexity index is 993. The second-order valence-electron chi connectivity index (χ2n) is 6.02. The van der Waals surface area contributed by atoms with E-state index in [0.29, 0.717) is 5.75 Å². The molecular weight excluding hydrogens is 312 g/mol. The molecule has 2 heterocycles. The fourth-order valence-electron chi connectivity index (χ4n) is 2.89. The van der Waals surface area contributed by atoms with Crippen molar-refractivity contribution in [3.05, 3.63) is 72.6 Å². The van der Waals surface area contributed by atoms with Crippen molar-refractivity contribution in [3.8, 4) is 17.0 Å². The Hall–Kier alpha value is -3.34. The molecule has 0 radical (unpaired) electrons. The van der Waals surface area contributed by atoms with Gasteiger partial charge in [0, 0.05) is 23.9 Å². The first-order chi connectivity index (χ1) is 12.2. The van der Waals surface area contributed by atoms with E-state index in [-0.39, 0.29) is 6.04 Å². The highest BCUT2D eigenvalue weighted by Crippen LogP contribution is 2.29. The summed E-state index contributed by atoms with van der Waals surface area (Å²) in [5.41, 5.74) is 3.99. The van der Waals surface area contributed by atoms with E-state index in [1.807, 2.05) is 36.4 Å². The molecule has 2 aromatic heterocycles. The van der Waals surface area contributed by atoms with E-state index in [9.17, 15) is 0 Å². The Kier molecular flexibility index (Phi) is 3.82. The number of anilines is 1. The number of nitrogens with one attached hydrogen (secondary N) is 2. The first-order valence-electron chi connectivity index (χ1n) is 8.18. The van der Waals surface area contributed by atoms with Gasteiger partial charge in [-0.1, -0.05) is 30.3 Å². The van der Waals surface area contributed by atoms with Crippen LogP contribution in [0.3, 0.4) is 0 Å². The molecule has 4 rings (SSSR count). The molecule has 5 nitrogen and oxygen atoms in total. The Balaban J connectivity index is 1.69. The zero-order valence-corrected chi connectivity index (χ0v) is 13.8. The van der Waals surface area contributed by atoms with Gasteiger partial charge >= 0.3 is 0 Å². The van der Waals surface area contributed by atoms with Crippen LogP contribution in [0.25, 0.3) is 22.3 Å². The summed E-state index contributed by atoms with van der Waals surface area (Å²) in [5, 5.41) is 12.0. The monoisotopic (exact) mass is 331 g/mol. The second-order valence-corrected chi connectivity index (χ2v) is 6.02. The number of H-pyrrole nitrogens is 1. The fraction of sp³-hybridized carbons (Fsp3) is 0.100. The van der Waals surface area contributed by atoms with E-state index < -0.39 is 0 Å². The summed E-state index contributed by atoms with van der Waals surface area (Å²) in [6.45, 7) is 2.11. The summed E-state index contributed by atoms with van der Waals surface area (Å²) in [7, 11) is 0. The lowest BCUT2D eigenvalue weighted by Gasteiger charge is -2.15. The number of aromatic nitrogens is 3. The highest BCUT2D eigenvalue weighted by atomic mass is 16.3. The van der Waals surface area contributed by atoms with E-state index in [2.05, 4.69) is 39.3 Å². The maximum absolute atomic E-state index is 7.61. The zero-order valence-electron chi connectivity index (χ0n) is 13.8. The van der Waals surface area contributed by atoms with Gasteiger partial charge in [0.1, 0.15) is 17.8 Å². The molecule has 0 saturated heterocycles. The van der Waals surface area contributed by atoms with Crippen molar-refractivity contribution in [2.24, 2.45) is 0 Å². The van der Waals surface area contributed by atoms with Gasteiger partial charge < -0.3 is 15.4 Å². The van der Waals surface area contributed by atoms with Crippen LogP contribution in [0.5, 0.6) is 5.75 Å². The molecule has 0 saturated carbocycles. The summed E-state index contributed by atoms with van der Waals surface area (Å²) >= 11 is 0. The zero-order chi connectivity index (χ0) is 17.2. The van der Waals surface area contributed by atoms with Crippen LogP contribution in [0.1, 0.15) is 18.5 Å². The number of fused-ring (bicyclic) bond motifs is 1. The minimum absolute atomic E-state index is 0.139. The molecule has 5 heteroatoms. The third-order valence-electron chi connectivity index (χ3n) is 4.27. The van der Waals surface area contributed by atoms with E-state index in [0.717, 1.165) is 28.1 Å². The lowest BCUT2D eigenvalue weighted by molar-refractivity contribution is 0.475. The number of aromatic amines is 1. The molecule has 0 aliphatic heterocycles. The number of nitrogens with zero attached hydrogens (tertiary/aromatic N) is 2. The van der Waals surface area contributed by atoms with Gasteiger partial charge in [0.25, 0.3) is 5.75 Å². The second kappa shape index (κ2) is 6.28. The molecule has 0 fully saturated rings. The molecule has 0 bridgehead atoms. The van der Waals surface area contributed by atoms with Gasteiger partial charge in [-0.2, -0.15) is 0 Å². The third kappa shape index (κ3) is 3.04. The molecule has 0 aliphatic carbocycles. The average Bonchev–Trinajstić information content (AvgIpc) is 3.08. The molecule has 0 spiro atoms. The van der Waals surface area contributed by atoms with E-state index in [1.54, 1.807) is 18.5 Å². The number of hydrogen-bond donors (Lipinski definition) is 2. The Labute approximate surface area is 145 Å². The molecule has 25 heavy (non-hydrogen) atoms. The van der Waals surface area contributed by atoms with Crippen LogP contribution in [0, 0.1) is 0 Å². The van der Waals surface area contributed by atoms with Crippen molar-refractivity contribution in [1.82, 2.24) is 15.0 Å². The predicted molar refractivity (Wildman–Crippen MR) is 101 cm³/mol. The standard InChI is InChI=1S/C20H18N4O/c1-13(14-5-3-2-4-6-14)23-19-17-11-18(24-20(17)22-12-21-19)15-7-9-16(25)10-8-15/h2-13,25H,1H3,(H2,21,22,23,24)/p+1/t13-/m1/s1.